The summed E-state index contributed by atoms with van der Waals surface area (Å²) >= 11 is 0. The highest BCUT2D eigenvalue weighted by molar-refractivity contribution is 5.82. The number of ether oxygens (including phenoxy) is 1. The fraction of sp³-hybridized carbons (Fsp3) is 0.917. The Bertz CT molecular complexity index is 309. The first-order chi connectivity index (χ1) is 8.97. The molecule has 2 saturated heterocycles. The van der Waals surface area contributed by atoms with E-state index in [2.05, 4.69) is 10.6 Å². The molecule has 0 aromatic heterocycles. The lowest BCUT2D eigenvalue weighted by Gasteiger charge is -2.32. The van der Waals surface area contributed by atoms with Crippen molar-refractivity contribution in [2.24, 2.45) is 5.92 Å². The maximum atomic E-state index is 12.5. The second kappa shape index (κ2) is 6.09. The van der Waals surface area contributed by atoms with Crippen molar-refractivity contribution in [3.05, 3.63) is 0 Å². The predicted molar refractivity (Wildman–Crippen MR) is 62.6 cm³/mol. The van der Waals surface area contributed by atoms with E-state index in [1.807, 2.05) is 0 Å². The van der Waals surface area contributed by atoms with Crippen LogP contribution in [0.3, 0.4) is 0 Å². The summed E-state index contributed by atoms with van der Waals surface area (Å²) in [5.41, 5.74) is 0. The Balaban J connectivity index is 1.76. The van der Waals surface area contributed by atoms with Crippen molar-refractivity contribution in [1.82, 2.24) is 10.6 Å². The van der Waals surface area contributed by atoms with E-state index in [-0.39, 0.29) is 31.3 Å². The van der Waals surface area contributed by atoms with Crippen LogP contribution in [0.2, 0.25) is 0 Å². The average molecular weight is 280 g/mol. The minimum absolute atomic E-state index is 0.00968. The number of nitrogens with one attached hydrogen (secondary N) is 2. The molecule has 0 radical (unpaired) electrons. The molecule has 7 heteroatoms. The van der Waals surface area contributed by atoms with Crippen LogP contribution in [0.5, 0.6) is 0 Å². The van der Waals surface area contributed by atoms with Crippen LogP contribution in [0.4, 0.5) is 13.2 Å². The molecule has 0 saturated carbocycles. The van der Waals surface area contributed by atoms with Crippen LogP contribution in [-0.4, -0.2) is 43.9 Å². The lowest BCUT2D eigenvalue weighted by Crippen LogP contribution is -2.54. The molecule has 2 heterocycles. The second-order valence-electron chi connectivity index (χ2n) is 5.20. The van der Waals surface area contributed by atoms with Gasteiger partial charge in [0, 0.05) is 13.2 Å². The van der Waals surface area contributed by atoms with Gasteiger partial charge in [-0.25, -0.2) is 0 Å². The number of carbonyl (C=O) groups is 1. The molecule has 0 aliphatic carbocycles. The highest BCUT2D eigenvalue weighted by Gasteiger charge is 2.42. The maximum absolute atomic E-state index is 12.5. The number of hydrogen-bond acceptors (Lipinski definition) is 3. The molecular weight excluding hydrogens is 261 g/mol. The molecule has 110 valence electrons. The summed E-state index contributed by atoms with van der Waals surface area (Å²) < 4.78 is 42.7. The van der Waals surface area contributed by atoms with Crippen molar-refractivity contribution in [1.29, 1.82) is 0 Å². The highest BCUT2D eigenvalue weighted by atomic mass is 19.4. The maximum Gasteiger partial charge on any atom is 0.393 e. The van der Waals surface area contributed by atoms with E-state index in [9.17, 15) is 18.0 Å². The van der Waals surface area contributed by atoms with Gasteiger partial charge in [-0.1, -0.05) is 0 Å². The zero-order chi connectivity index (χ0) is 13.9. The summed E-state index contributed by atoms with van der Waals surface area (Å²) in [5.74, 6) is -1.55. The third kappa shape index (κ3) is 4.07. The summed E-state index contributed by atoms with van der Waals surface area (Å²) in [5, 5.41) is 5.53. The van der Waals surface area contributed by atoms with Crippen LogP contribution >= 0.6 is 0 Å². The van der Waals surface area contributed by atoms with Crippen molar-refractivity contribution < 1.29 is 22.7 Å². The molecule has 2 rings (SSSR count). The number of halogens is 3. The number of alkyl halides is 3. The van der Waals surface area contributed by atoms with E-state index in [1.165, 1.54) is 0 Å². The lowest BCUT2D eigenvalue weighted by atomic mass is 9.93. The monoisotopic (exact) mass is 280 g/mol. The molecule has 2 fully saturated rings. The predicted octanol–water partition coefficient (Wildman–Crippen LogP) is 1.21. The molecular formula is C12H19F3N2O2. The zero-order valence-corrected chi connectivity index (χ0v) is 10.6. The van der Waals surface area contributed by atoms with Crippen molar-refractivity contribution in [2.75, 3.05) is 19.8 Å². The largest absolute Gasteiger partial charge is 0.393 e. The normalized spacial score (nSPS) is 32.9. The Hall–Kier alpha value is -0.820. The minimum atomic E-state index is -4.17. The van der Waals surface area contributed by atoms with Crippen molar-refractivity contribution in [2.45, 2.75) is 43.9 Å². The summed E-state index contributed by atoms with van der Waals surface area (Å²) in [6, 6.07) is -0.524. The first-order valence-corrected chi connectivity index (χ1v) is 6.65. The van der Waals surface area contributed by atoms with Gasteiger partial charge in [0.15, 0.2) is 0 Å². The summed E-state index contributed by atoms with van der Waals surface area (Å²) in [6.07, 6.45) is -2.17. The third-order valence-electron chi connectivity index (χ3n) is 3.70. The number of rotatable bonds is 2. The number of amides is 1. The van der Waals surface area contributed by atoms with Gasteiger partial charge in [0.1, 0.15) is 0 Å². The lowest BCUT2D eigenvalue weighted by molar-refractivity contribution is -0.180. The summed E-state index contributed by atoms with van der Waals surface area (Å²) in [4.78, 5) is 11.9. The molecule has 2 aliphatic rings. The van der Waals surface area contributed by atoms with Crippen LogP contribution in [-0.2, 0) is 9.53 Å². The summed E-state index contributed by atoms with van der Waals surface area (Å²) in [7, 11) is 0. The Labute approximate surface area is 110 Å². The van der Waals surface area contributed by atoms with E-state index < -0.39 is 18.1 Å². The van der Waals surface area contributed by atoms with Crippen LogP contribution in [0.1, 0.15) is 25.7 Å². The van der Waals surface area contributed by atoms with Crippen molar-refractivity contribution in [3.63, 3.8) is 0 Å². The molecule has 2 aliphatic heterocycles. The van der Waals surface area contributed by atoms with Crippen molar-refractivity contribution >= 4 is 5.91 Å². The van der Waals surface area contributed by atoms with Gasteiger partial charge in [0.2, 0.25) is 5.91 Å². The van der Waals surface area contributed by atoms with Gasteiger partial charge in [0.25, 0.3) is 0 Å². The molecule has 0 spiro atoms. The molecule has 0 aromatic rings. The Morgan fingerprint density at radius 2 is 2.05 bits per heavy atom. The van der Waals surface area contributed by atoms with Crippen LogP contribution < -0.4 is 10.6 Å². The molecule has 4 nitrogen and oxygen atoms in total. The van der Waals surface area contributed by atoms with E-state index in [0.29, 0.717) is 13.2 Å². The van der Waals surface area contributed by atoms with Gasteiger partial charge < -0.3 is 15.4 Å². The van der Waals surface area contributed by atoms with Crippen LogP contribution in [0.25, 0.3) is 0 Å². The van der Waals surface area contributed by atoms with Gasteiger partial charge in [-0.2, -0.15) is 13.2 Å². The minimum Gasteiger partial charge on any atom is -0.379 e. The van der Waals surface area contributed by atoms with E-state index in [0.717, 1.165) is 12.8 Å². The molecule has 3 atom stereocenters. The van der Waals surface area contributed by atoms with Crippen LogP contribution in [0, 0.1) is 5.92 Å². The van der Waals surface area contributed by atoms with Gasteiger partial charge in [0.05, 0.1) is 24.6 Å². The Kier molecular flexibility index (Phi) is 4.67. The topological polar surface area (TPSA) is 50.4 Å². The molecule has 0 aromatic carbocycles. The number of carbonyl (C=O) groups excluding carboxylic acids is 1. The van der Waals surface area contributed by atoms with E-state index >= 15 is 0 Å². The van der Waals surface area contributed by atoms with Gasteiger partial charge in [-0.15, -0.1) is 0 Å². The Morgan fingerprint density at radius 3 is 2.58 bits per heavy atom. The first-order valence-electron chi connectivity index (χ1n) is 6.65. The second-order valence-corrected chi connectivity index (χ2v) is 5.20. The van der Waals surface area contributed by atoms with Gasteiger partial charge in [-0.3, -0.25) is 4.79 Å². The van der Waals surface area contributed by atoms with Gasteiger partial charge in [-0.05, 0) is 25.7 Å². The first kappa shape index (κ1) is 14.6. The van der Waals surface area contributed by atoms with E-state index in [4.69, 9.17) is 4.74 Å². The number of piperidine rings is 1. The Morgan fingerprint density at radius 1 is 1.26 bits per heavy atom. The average Bonchev–Trinajstić information content (AvgIpc) is 2.39. The van der Waals surface area contributed by atoms with E-state index in [1.54, 1.807) is 0 Å². The molecule has 0 bridgehead atoms. The molecule has 3 unspecified atom stereocenters. The standard InChI is InChI=1S/C12H19F3N2O2/c13-12(14,15)8-3-4-10(16-6-8)11(18)17-9-2-1-5-19-7-9/h8-10,16H,1-7H2,(H,17,18). The molecule has 19 heavy (non-hydrogen) atoms. The van der Waals surface area contributed by atoms with Crippen molar-refractivity contribution in [3.8, 4) is 0 Å². The molecule has 1 amide bonds. The SMILES string of the molecule is O=C(NC1CCCOC1)C1CCC(C(F)(F)F)CN1. The van der Waals surface area contributed by atoms with Crippen LogP contribution in [0.15, 0.2) is 0 Å². The number of hydrogen-bond donors (Lipinski definition) is 2. The highest BCUT2D eigenvalue weighted by Crippen LogP contribution is 2.31. The summed E-state index contributed by atoms with van der Waals surface area (Å²) in [6.45, 7) is 1.02. The quantitative estimate of drug-likeness (QED) is 0.799. The fourth-order valence-electron chi connectivity index (χ4n) is 2.52. The molecule has 2 N–H and O–H groups in total. The fourth-order valence-corrected chi connectivity index (χ4v) is 2.52. The van der Waals surface area contributed by atoms with Gasteiger partial charge >= 0.3 is 6.18 Å². The third-order valence-corrected chi connectivity index (χ3v) is 3.70. The smallest absolute Gasteiger partial charge is 0.379 e. The zero-order valence-electron chi connectivity index (χ0n) is 10.6.